The van der Waals surface area contributed by atoms with E-state index in [4.69, 9.17) is 14.9 Å². The molecule has 36 heavy (non-hydrogen) atoms. The predicted molar refractivity (Wildman–Crippen MR) is 132 cm³/mol. The first-order chi connectivity index (χ1) is 17.3. The summed E-state index contributed by atoms with van der Waals surface area (Å²) in [4.78, 5) is 39.1. The first kappa shape index (κ1) is 23.9. The van der Waals surface area contributed by atoms with Crippen molar-refractivity contribution < 1.29 is 19.1 Å². The van der Waals surface area contributed by atoms with E-state index >= 15 is 0 Å². The number of amides is 1. The Balaban J connectivity index is 1.44. The molecule has 1 saturated heterocycles. The Bertz CT molecular complexity index is 1390. The summed E-state index contributed by atoms with van der Waals surface area (Å²) in [7, 11) is 1.55. The van der Waals surface area contributed by atoms with E-state index in [9.17, 15) is 19.5 Å². The lowest BCUT2D eigenvalue weighted by molar-refractivity contribution is -0.118. The van der Waals surface area contributed by atoms with Crippen LogP contribution in [-0.4, -0.2) is 40.7 Å². The number of aromatic nitrogens is 1. The number of benzene rings is 1. The fourth-order valence-corrected chi connectivity index (χ4v) is 5.61. The summed E-state index contributed by atoms with van der Waals surface area (Å²) in [5.74, 6) is -0.225. The third-order valence-electron chi connectivity index (χ3n) is 7.17. The molecule has 2 bridgehead atoms. The molecule has 9 nitrogen and oxygen atoms in total. The van der Waals surface area contributed by atoms with Crippen LogP contribution in [0.4, 0.5) is 0 Å². The number of ether oxygens (including phenoxy) is 1. The maximum atomic E-state index is 12.7. The fraction of sp³-hybridized carbons (Fsp3) is 0.370. The number of hydrogen-bond donors (Lipinski definition) is 2. The molecule has 2 aliphatic rings. The molecule has 2 aliphatic heterocycles. The van der Waals surface area contributed by atoms with Crippen molar-refractivity contribution in [1.29, 1.82) is 0 Å². The zero-order chi connectivity index (χ0) is 25.4. The number of nitrogens with zero attached hydrogens (tertiary/aromatic N) is 2. The van der Waals surface area contributed by atoms with Crippen molar-refractivity contribution in [1.82, 2.24) is 9.47 Å². The number of likely N-dealkylation sites (tertiary alicyclic amines) is 1. The molecule has 1 aromatic carbocycles. The normalized spacial score (nSPS) is 19.9. The molecular formula is C27H29N3O6. The van der Waals surface area contributed by atoms with Crippen LogP contribution >= 0.6 is 0 Å². The van der Waals surface area contributed by atoms with Crippen LogP contribution in [0.1, 0.15) is 47.5 Å². The molecule has 1 amide bonds. The Morgan fingerprint density at radius 3 is 2.67 bits per heavy atom. The number of primary amides is 1. The summed E-state index contributed by atoms with van der Waals surface area (Å²) in [6.45, 7) is 2.53. The first-order valence-electron chi connectivity index (χ1n) is 12.0. The van der Waals surface area contributed by atoms with Crippen LogP contribution < -0.4 is 21.5 Å². The Morgan fingerprint density at radius 2 is 1.94 bits per heavy atom. The van der Waals surface area contributed by atoms with E-state index in [1.54, 1.807) is 43.5 Å². The van der Waals surface area contributed by atoms with E-state index in [-0.39, 0.29) is 23.7 Å². The van der Waals surface area contributed by atoms with Crippen LogP contribution in [0, 0.1) is 5.92 Å². The van der Waals surface area contributed by atoms with Gasteiger partial charge in [-0.3, -0.25) is 19.3 Å². The van der Waals surface area contributed by atoms with Gasteiger partial charge in [-0.1, -0.05) is 18.2 Å². The zero-order valence-corrected chi connectivity index (χ0v) is 20.1. The Morgan fingerprint density at radius 1 is 1.17 bits per heavy atom. The summed E-state index contributed by atoms with van der Waals surface area (Å²) < 4.78 is 13.2. The van der Waals surface area contributed by atoms with Gasteiger partial charge in [-0.25, -0.2) is 0 Å². The lowest BCUT2D eigenvalue weighted by atomic mass is 9.83. The highest BCUT2D eigenvalue weighted by Gasteiger charge is 2.35. The number of hydrogen-bond acceptors (Lipinski definition) is 7. The fourth-order valence-electron chi connectivity index (χ4n) is 5.61. The molecule has 1 fully saturated rings. The third-order valence-corrected chi connectivity index (χ3v) is 7.17. The first-order valence-corrected chi connectivity index (χ1v) is 12.0. The smallest absolute Gasteiger partial charge is 0.250 e. The minimum absolute atomic E-state index is 0.0237. The van der Waals surface area contributed by atoms with E-state index in [1.165, 1.54) is 6.07 Å². The number of carbonyl (C=O) groups excluding carboxylic acids is 1. The maximum absolute atomic E-state index is 12.7. The second-order valence-electron chi connectivity index (χ2n) is 9.68. The molecule has 0 radical (unpaired) electrons. The maximum Gasteiger partial charge on any atom is 0.250 e. The van der Waals surface area contributed by atoms with Crippen molar-refractivity contribution >= 4 is 5.91 Å². The van der Waals surface area contributed by atoms with Crippen molar-refractivity contribution in [3.8, 4) is 11.5 Å². The van der Waals surface area contributed by atoms with E-state index < -0.39 is 23.0 Å². The molecule has 3 N–H and O–H groups in total. The predicted octanol–water partition coefficient (Wildman–Crippen LogP) is 2.14. The highest BCUT2D eigenvalue weighted by molar-refractivity contribution is 5.75. The minimum Gasteiger partial charge on any atom is -0.502 e. The quantitative estimate of drug-likeness (QED) is 0.518. The molecule has 5 rings (SSSR count). The number of aromatic hydroxyl groups is 1. The summed E-state index contributed by atoms with van der Waals surface area (Å²) in [5.41, 5.74) is 6.67. The number of methoxy groups -OCH3 is 1. The molecule has 188 valence electrons. The van der Waals surface area contributed by atoms with Crippen molar-refractivity contribution in [3.63, 3.8) is 0 Å². The van der Waals surface area contributed by atoms with Crippen LogP contribution in [0.3, 0.4) is 0 Å². The molecule has 9 heteroatoms. The van der Waals surface area contributed by atoms with E-state index in [1.807, 2.05) is 10.6 Å². The Hall–Kier alpha value is -3.85. The largest absolute Gasteiger partial charge is 0.502 e. The highest BCUT2D eigenvalue weighted by Crippen LogP contribution is 2.37. The monoisotopic (exact) mass is 491 g/mol. The summed E-state index contributed by atoms with van der Waals surface area (Å²) in [6, 6.07) is 13.7. The number of carbonyl (C=O) groups is 1. The molecule has 2 aromatic heterocycles. The number of rotatable bonds is 7. The number of piperidine rings is 1. The Kier molecular flexibility index (Phi) is 6.40. The summed E-state index contributed by atoms with van der Waals surface area (Å²) in [6.07, 6.45) is 0.883. The summed E-state index contributed by atoms with van der Waals surface area (Å²) >= 11 is 0. The molecule has 4 heterocycles. The number of pyridine rings is 1. The molecule has 0 saturated carbocycles. The van der Waals surface area contributed by atoms with Gasteiger partial charge in [0.15, 0.2) is 5.76 Å². The van der Waals surface area contributed by atoms with Crippen LogP contribution in [-0.2, 0) is 17.9 Å². The number of fused-ring (bicyclic) bond motifs is 4. The van der Waals surface area contributed by atoms with Crippen molar-refractivity contribution in [2.24, 2.45) is 11.7 Å². The van der Waals surface area contributed by atoms with Gasteiger partial charge in [0.1, 0.15) is 11.5 Å². The third kappa shape index (κ3) is 4.66. The SMILES string of the molecule is COc1ccc([C@@H](CC(N)=O)c2oc(CN3C[C@@H]4C[C@H](C3)c3cccc(=O)n3C4)cc(=O)c2O)cc1. The molecular weight excluding hydrogens is 462 g/mol. The van der Waals surface area contributed by atoms with Gasteiger partial charge in [0.2, 0.25) is 17.1 Å². The standard InChI is InChI=1S/C27H29N3O6/c1-35-19-7-5-17(6-8-19)21(11-24(28)32)27-26(34)23(31)10-20(36-27)15-29-12-16-9-18(14-29)22-3-2-4-25(33)30(22)13-16/h2-8,10,16,18,21,34H,9,11-15H2,1H3,(H2,28,32)/t16-,18+,21+/m0/s1. The van der Waals surface area contributed by atoms with Gasteiger partial charge >= 0.3 is 0 Å². The van der Waals surface area contributed by atoms with Crippen molar-refractivity contribution in [3.05, 3.63) is 91.9 Å². The van der Waals surface area contributed by atoms with Crippen LogP contribution in [0.5, 0.6) is 11.5 Å². The molecule has 0 unspecified atom stereocenters. The molecule has 0 aliphatic carbocycles. The van der Waals surface area contributed by atoms with E-state index in [2.05, 4.69) is 4.90 Å². The minimum atomic E-state index is -0.722. The van der Waals surface area contributed by atoms with Crippen LogP contribution in [0.15, 0.2) is 62.5 Å². The van der Waals surface area contributed by atoms with Crippen LogP contribution in [0.25, 0.3) is 0 Å². The van der Waals surface area contributed by atoms with Gasteiger partial charge in [0.05, 0.1) is 19.6 Å². The van der Waals surface area contributed by atoms with Crippen molar-refractivity contribution in [2.75, 3.05) is 20.2 Å². The van der Waals surface area contributed by atoms with Gasteiger partial charge in [0.25, 0.3) is 5.56 Å². The van der Waals surface area contributed by atoms with Gasteiger partial charge in [-0.05, 0) is 36.1 Å². The van der Waals surface area contributed by atoms with E-state index in [0.29, 0.717) is 36.1 Å². The second kappa shape index (κ2) is 9.66. The lowest BCUT2D eigenvalue weighted by Crippen LogP contribution is -2.46. The molecule has 0 spiro atoms. The number of nitrogens with two attached hydrogens (primary N) is 1. The average Bonchev–Trinajstić information content (AvgIpc) is 2.85. The highest BCUT2D eigenvalue weighted by atomic mass is 16.5. The zero-order valence-electron chi connectivity index (χ0n) is 20.1. The van der Waals surface area contributed by atoms with E-state index in [0.717, 1.165) is 25.2 Å². The van der Waals surface area contributed by atoms with Gasteiger partial charge < -0.3 is 24.6 Å². The van der Waals surface area contributed by atoms with Crippen molar-refractivity contribution in [2.45, 2.75) is 37.8 Å². The average molecular weight is 492 g/mol. The lowest BCUT2D eigenvalue weighted by Gasteiger charge is -2.42. The topological polar surface area (TPSA) is 128 Å². The second-order valence-corrected chi connectivity index (χ2v) is 9.68. The van der Waals surface area contributed by atoms with Crippen LogP contribution in [0.2, 0.25) is 0 Å². The van der Waals surface area contributed by atoms with Gasteiger partial charge in [-0.2, -0.15) is 0 Å². The van der Waals surface area contributed by atoms with Gasteiger partial charge in [-0.15, -0.1) is 0 Å². The Labute approximate surface area is 207 Å². The molecule has 3 atom stereocenters. The van der Waals surface area contributed by atoms with Gasteiger partial charge in [0, 0.05) is 49.8 Å². The summed E-state index contributed by atoms with van der Waals surface area (Å²) in [5, 5.41) is 10.6. The molecule has 3 aromatic rings.